The van der Waals surface area contributed by atoms with E-state index in [1.54, 1.807) is 4.68 Å². The van der Waals surface area contributed by atoms with Crippen molar-refractivity contribution in [2.24, 2.45) is 0 Å². The molecule has 0 spiro atoms. The SMILES string of the molecule is CC(CN1CCCC1)n1nnnc1N. The maximum Gasteiger partial charge on any atom is 0.240 e. The second-order valence-corrected chi connectivity index (χ2v) is 3.84. The van der Waals surface area contributed by atoms with E-state index >= 15 is 0 Å². The number of aromatic nitrogens is 4. The lowest BCUT2D eigenvalue weighted by Crippen LogP contribution is -2.28. The van der Waals surface area contributed by atoms with Gasteiger partial charge in [0.2, 0.25) is 5.95 Å². The molecule has 0 aromatic carbocycles. The molecule has 1 fully saturated rings. The Labute approximate surface area is 83.1 Å². The lowest BCUT2D eigenvalue weighted by Gasteiger charge is -2.19. The van der Waals surface area contributed by atoms with E-state index in [4.69, 9.17) is 5.73 Å². The predicted octanol–water partition coefficient (Wildman–Crippen LogP) is -0.0879. The Balaban J connectivity index is 1.95. The number of nitrogens with two attached hydrogens (primary N) is 1. The van der Waals surface area contributed by atoms with Gasteiger partial charge in [-0.05, 0) is 43.3 Å². The number of likely N-dealkylation sites (tertiary alicyclic amines) is 1. The molecule has 1 aromatic rings. The lowest BCUT2D eigenvalue weighted by atomic mass is 10.3. The molecular weight excluding hydrogens is 180 g/mol. The molecule has 1 unspecified atom stereocenters. The maximum atomic E-state index is 5.62. The van der Waals surface area contributed by atoms with Crippen molar-refractivity contribution < 1.29 is 0 Å². The summed E-state index contributed by atoms with van der Waals surface area (Å²) in [6.07, 6.45) is 2.61. The normalized spacial score (nSPS) is 20.1. The van der Waals surface area contributed by atoms with Crippen LogP contribution in [-0.4, -0.2) is 44.7 Å². The molecule has 2 heterocycles. The third kappa shape index (κ3) is 1.84. The maximum absolute atomic E-state index is 5.62. The lowest BCUT2D eigenvalue weighted by molar-refractivity contribution is 0.277. The van der Waals surface area contributed by atoms with Crippen molar-refractivity contribution in [2.45, 2.75) is 25.8 Å². The third-order valence-corrected chi connectivity index (χ3v) is 2.66. The van der Waals surface area contributed by atoms with Gasteiger partial charge in [-0.3, -0.25) is 0 Å². The molecule has 6 heteroatoms. The number of nitrogen functional groups attached to an aromatic ring is 1. The van der Waals surface area contributed by atoms with Crippen molar-refractivity contribution in [1.29, 1.82) is 0 Å². The molecule has 2 N–H and O–H groups in total. The quantitative estimate of drug-likeness (QED) is 0.731. The van der Waals surface area contributed by atoms with Crippen LogP contribution in [0.25, 0.3) is 0 Å². The Morgan fingerprint density at radius 2 is 2.14 bits per heavy atom. The van der Waals surface area contributed by atoms with Gasteiger partial charge in [-0.2, -0.15) is 0 Å². The highest BCUT2D eigenvalue weighted by Crippen LogP contribution is 2.13. The molecular formula is C8H16N6. The number of nitrogens with zero attached hydrogens (tertiary/aromatic N) is 5. The van der Waals surface area contributed by atoms with Crippen molar-refractivity contribution >= 4 is 5.95 Å². The first kappa shape index (κ1) is 9.39. The topological polar surface area (TPSA) is 72.9 Å². The van der Waals surface area contributed by atoms with E-state index in [-0.39, 0.29) is 6.04 Å². The van der Waals surface area contributed by atoms with Crippen LogP contribution < -0.4 is 5.73 Å². The second-order valence-electron chi connectivity index (χ2n) is 3.84. The van der Waals surface area contributed by atoms with Crippen molar-refractivity contribution in [1.82, 2.24) is 25.1 Å². The highest BCUT2D eigenvalue weighted by molar-refractivity contribution is 5.11. The Hall–Kier alpha value is -1.17. The number of tetrazole rings is 1. The van der Waals surface area contributed by atoms with Gasteiger partial charge in [-0.15, -0.1) is 0 Å². The smallest absolute Gasteiger partial charge is 0.240 e. The van der Waals surface area contributed by atoms with Crippen LogP contribution in [0.15, 0.2) is 0 Å². The van der Waals surface area contributed by atoms with Gasteiger partial charge in [-0.1, -0.05) is 5.10 Å². The highest BCUT2D eigenvalue weighted by Gasteiger charge is 2.17. The van der Waals surface area contributed by atoms with Crippen LogP contribution in [0.3, 0.4) is 0 Å². The second kappa shape index (κ2) is 3.91. The zero-order chi connectivity index (χ0) is 9.97. The fourth-order valence-corrected chi connectivity index (χ4v) is 1.93. The van der Waals surface area contributed by atoms with Crippen molar-refractivity contribution in [2.75, 3.05) is 25.4 Å². The van der Waals surface area contributed by atoms with E-state index in [1.165, 1.54) is 25.9 Å². The number of hydrogen-bond donors (Lipinski definition) is 1. The van der Waals surface area contributed by atoms with Gasteiger partial charge < -0.3 is 10.6 Å². The minimum Gasteiger partial charge on any atom is -0.367 e. The molecule has 6 nitrogen and oxygen atoms in total. The van der Waals surface area contributed by atoms with E-state index in [9.17, 15) is 0 Å². The molecule has 78 valence electrons. The predicted molar refractivity (Wildman–Crippen MR) is 52.6 cm³/mol. The van der Waals surface area contributed by atoms with Crippen LogP contribution in [-0.2, 0) is 0 Å². The summed E-state index contributed by atoms with van der Waals surface area (Å²) in [6, 6.07) is 0.253. The summed E-state index contributed by atoms with van der Waals surface area (Å²) in [5.41, 5.74) is 5.62. The fourth-order valence-electron chi connectivity index (χ4n) is 1.93. The summed E-state index contributed by atoms with van der Waals surface area (Å²) in [7, 11) is 0. The van der Waals surface area contributed by atoms with Gasteiger partial charge in [0, 0.05) is 6.54 Å². The molecule has 0 amide bonds. The van der Waals surface area contributed by atoms with E-state index in [1.807, 2.05) is 0 Å². The minimum atomic E-state index is 0.253. The third-order valence-electron chi connectivity index (χ3n) is 2.66. The molecule has 1 aromatic heterocycles. The summed E-state index contributed by atoms with van der Waals surface area (Å²) in [5, 5.41) is 11.1. The van der Waals surface area contributed by atoms with Crippen LogP contribution in [0.4, 0.5) is 5.95 Å². The Morgan fingerprint density at radius 1 is 1.43 bits per heavy atom. The van der Waals surface area contributed by atoms with Gasteiger partial charge in [0.15, 0.2) is 0 Å². The summed E-state index contributed by atoms with van der Waals surface area (Å²) in [6.45, 7) is 5.44. The van der Waals surface area contributed by atoms with Crippen LogP contribution in [0.2, 0.25) is 0 Å². The molecule has 0 saturated carbocycles. The molecule has 0 aliphatic carbocycles. The number of rotatable bonds is 3. The number of anilines is 1. The van der Waals surface area contributed by atoms with Gasteiger partial charge in [0.1, 0.15) is 0 Å². The van der Waals surface area contributed by atoms with E-state index in [0.717, 1.165) is 6.54 Å². The Kier molecular flexibility index (Phi) is 2.62. The molecule has 1 atom stereocenters. The zero-order valence-corrected chi connectivity index (χ0v) is 8.43. The van der Waals surface area contributed by atoms with Crippen LogP contribution in [0, 0.1) is 0 Å². The van der Waals surface area contributed by atoms with Crippen LogP contribution in [0.5, 0.6) is 0 Å². The van der Waals surface area contributed by atoms with Gasteiger partial charge in [0.25, 0.3) is 0 Å². The van der Waals surface area contributed by atoms with Crippen LogP contribution in [0.1, 0.15) is 25.8 Å². The van der Waals surface area contributed by atoms with Crippen LogP contribution >= 0.6 is 0 Å². The van der Waals surface area contributed by atoms with Gasteiger partial charge >= 0.3 is 0 Å². The summed E-state index contributed by atoms with van der Waals surface area (Å²) < 4.78 is 1.68. The monoisotopic (exact) mass is 196 g/mol. The molecule has 1 saturated heterocycles. The first-order chi connectivity index (χ1) is 6.77. The van der Waals surface area contributed by atoms with Gasteiger partial charge in [-0.25, -0.2) is 4.68 Å². The van der Waals surface area contributed by atoms with Crippen molar-refractivity contribution in [3.05, 3.63) is 0 Å². The average Bonchev–Trinajstić information content (AvgIpc) is 2.75. The molecule has 2 rings (SSSR count). The molecule has 1 aliphatic heterocycles. The van der Waals surface area contributed by atoms with E-state index < -0.39 is 0 Å². The first-order valence-electron chi connectivity index (χ1n) is 5.03. The average molecular weight is 196 g/mol. The minimum absolute atomic E-state index is 0.253. The van der Waals surface area contributed by atoms with Crippen molar-refractivity contribution in [3.63, 3.8) is 0 Å². The summed E-state index contributed by atoms with van der Waals surface area (Å²) in [4.78, 5) is 2.42. The largest absolute Gasteiger partial charge is 0.367 e. The Bertz CT molecular complexity index is 290. The highest BCUT2D eigenvalue weighted by atomic mass is 15.6. The van der Waals surface area contributed by atoms with E-state index in [0.29, 0.717) is 5.95 Å². The standard InChI is InChI=1S/C8H16N6/c1-7(6-13-4-2-3-5-13)14-8(9)10-11-12-14/h7H,2-6H2,1H3,(H2,9,10,12). The fraction of sp³-hybridized carbons (Fsp3) is 0.875. The molecule has 0 bridgehead atoms. The molecule has 14 heavy (non-hydrogen) atoms. The molecule has 1 aliphatic rings. The van der Waals surface area contributed by atoms with Gasteiger partial charge in [0.05, 0.1) is 6.04 Å². The Morgan fingerprint density at radius 3 is 2.71 bits per heavy atom. The summed E-state index contributed by atoms with van der Waals surface area (Å²) in [5.74, 6) is 0.400. The first-order valence-corrected chi connectivity index (χ1v) is 5.03. The summed E-state index contributed by atoms with van der Waals surface area (Å²) >= 11 is 0. The van der Waals surface area contributed by atoms with Crippen molar-refractivity contribution in [3.8, 4) is 0 Å². The number of hydrogen-bond acceptors (Lipinski definition) is 5. The molecule has 0 radical (unpaired) electrons. The van der Waals surface area contributed by atoms with E-state index in [2.05, 4.69) is 27.3 Å². The zero-order valence-electron chi connectivity index (χ0n) is 8.43.